The maximum absolute atomic E-state index is 5.30. The maximum Gasteiger partial charge on any atom is 0.240 e. The third-order valence-electron chi connectivity index (χ3n) is 4.68. The second kappa shape index (κ2) is 7.40. The molecule has 0 bridgehead atoms. The van der Waals surface area contributed by atoms with Crippen molar-refractivity contribution in [3.05, 3.63) is 23.4 Å². The molecular weight excluding hydrogens is 308 g/mol. The van der Waals surface area contributed by atoms with Gasteiger partial charge in [0, 0.05) is 25.2 Å². The summed E-state index contributed by atoms with van der Waals surface area (Å²) >= 11 is 0. The van der Waals surface area contributed by atoms with Gasteiger partial charge >= 0.3 is 0 Å². The van der Waals surface area contributed by atoms with E-state index in [1.807, 2.05) is 13.8 Å². The molecule has 2 aromatic rings. The van der Waals surface area contributed by atoms with Crippen molar-refractivity contribution in [1.82, 2.24) is 30.1 Å². The van der Waals surface area contributed by atoms with Crippen LogP contribution in [0.1, 0.15) is 50.1 Å². The van der Waals surface area contributed by atoms with Crippen LogP contribution in [0.3, 0.4) is 0 Å². The minimum atomic E-state index is 0.448. The summed E-state index contributed by atoms with van der Waals surface area (Å²) in [6.45, 7) is 11.5. The van der Waals surface area contributed by atoms with Crippen LogP contribution in [0.25, 0.3) is 0 Å². The van der Waals surface area contributed by atoms with Crippen LogP contribution in [-0.4, -0.2) is 55.3 Å². The first-order chi connectivity index (χ1) is 11.6. The largest absolute Gasteiger partial charge is 0.338 e. The second-order valence-electron chi connectivity index (χ2n) is 6.45. The van der Waals surface area contributed by atoms with Gasteiger partial charge in [-0.3, -0.25) is 9.80 Å². The Balaban J connectivity index is 1.69. The fourth-order valence-electron chi connectivity index (χ4n) is 3.39. The van der Waals surface area contributed by atoms with Gasteiger partial charge in [0.1, 0.15) is 0 Å². The molecule has 8 nitrogen and oxygen atoms in total. The first kappa shape index (κ1) is 17.0. The highest BCUT2D eigenvalue weighted by molar-refractivity contribution is 4.93. The first-order valence-corrected chi connectivity index (χ1v) is 8.65. The van der Waals surface area contributed by atoms with Crippen LogP contribution in [0.15, 0.2) is 9.05 Å². The molecular formula is C16H26N6O2. The van der Waals surface area contributed by atoms with E-state index in [4.69, 9.17) is 9.05 Å². The van der Waals surface area contributed by atoms with Gasteiger partial charge in [0.05, 0.1) is 13.1 Å². The third kappa shape index (κ3) is 3.81. The lowest BCUT2D eigenvalue weighted by Gasteiger charge is -2.45. The van der Waals surface area contributed by atoms with Crippen LogP contribution in [0.4, 0.5) is 0 Å². The van der Waals surface area contributed by atoms with Crippen molar-refractivity contribution in [1.29, 1.82) is 0 Å². The van der Waals surface area contributed by atoms with Gasteiger partial charge in [-0.1, -0.05) is 24.2 Å². The molecule has 0 amide bonds. The van der Waals surface area contributed by atoms with E-state index in [0.717, 1.165) is 25.9 Å². The molecule has 0 N–H and O–H groups in total. The lowest BCUT2D eigenvalue weighted by Crippen LogP contribution is -2.57. The molecule has 0 saturated carbocycles. The van der Waals surface area contributed by atoms with Gasteiger partial charge in [-0.05, 0) is 26.7 Å². The molecule has 24 heavy (non-hydrogen) atoms. The van der Waals surface area contributed by atoms with Crippen LogP contribution in [0.2, 0.25) is 0 Å². The van der Waals surface area contributed by atoms with Crippen LogP contribution in [0.5, 0.6) is 0 Å². The Morgan fingerprint density at radius 3 is 1.54 bits per heavy atom. The number of hydrogen-bond donors (Lipinski definition) is 0. The van der Waals surface area contributed by atoms with Gasteiger partial charge in [-0.25, -0.2) is 0 Å². The number of aromatic nitrogens is 4. The van der Waals surface area contributed by atoms with Crippen LogP contribution < -0.4 is 0 Å². The molecule has 0 spiro atoms. The third-order valence-corrected chi connectivity index (χ3v) is 4.68. The lowest BCUT2D eigenvalue weighted by molar-refractivity contribution is 0.00498. The van der Waals surface area contributed by atoms with Crippen molar-refractivity contribution >= 4 is 0 Å². The normalized spacial score (nSPS) is 23.0. The van der Waals surface area contributed by atoms with Crippen LogP contribution >= 0.6 is 0 Å². The van der Waals surface area contributed by atoms with Gasteiger partial charge in [0.15, 0.2) is 11.6 Å². The number of aryl methyl sites for hydroxylation is 2. The van der Waals surface area contributed by atoms with Crippen molar-refractivity contribution in [3.63, 3.8) is 0 Å². The number of rotatable bonds is 6. The molecule has 1 aliphatic heterocycles. The summed E-state index contributed by atoms with van der Waals surface area (Å²) in [6, 6.07) is 0.896. The highest BCUT2D eigenvalue weighted by Crippen LogP contribution is 2.23. The maximum atomic E-state index is 5.30. The van der Waals surface area contributed by atoms with Crippen molar-refractivity contribution in [2.75, 3.05) is 13.1 Å². The highest BCUT2D eigenvalue weighted by atomic mass is 16.5. The summed E-state index contributed by atoms with van der Waals surface area (Å²) in [5.74, 6) is 2.77. The van der Waals surface area contributed by atoms with E-state index in [-0.39, 0.29) is 0 Å². The smallest absolute Gasteiger partial charge is 0.240 e. The summed E-state index contributed by atoms with van der Waals surface area (Å²) in [5.41, 5.74) is 0. The molecule has 2 aromatic heterocycles. The Hall–Kier alpha value is -1.80. The fourth-order valence-corrected chi connectivity index (χ4v) is 3.39. The molecule has 132 valence electrons. The number of hydrogen-bond acceptors (Lipinski definition) is 8. The molecule has 1 fully saturated rings. The summed E-state index contributed by atoms with van der Waals surface area (Å²) in [4.78, 5) is 13.6. The van der Waals surface area contributed by atoms with E-state index < -0.39 is 0 Å². The predicted octanol–water partition coefficient (Wildman–Crippen LogP) is 1.94. The summed E-state index contributed by atoms with van der Waals surface area (Å²) in [6.07, 6.45) is 2.14. The topological polar surface area (TPSA) is 84.3 Å². The molecule has 0 radical (unpaired) electrons. The standard InChI is InChI=1S/C16H26N6O2/c1-5-13-7-22(10-16-18-12(4)20-24-16)14(6-2)8-21(13)9-15-17-11(3)19-23-15/h13-14H,5-10H2,1-4H3/t13-,14-/m0/s1. The van der Waals surface area contributed by atoms with E-state index in [9.17, 15) is 0 Å². The van der Waals surface area contributed by atoms with Crippen molar-refractivity contribution in [2.24, 2.45) is 0 Å². The highest BCUT2D eigenvalue weighted by Gasteiger charge is 2.33. The molecule has 1 aliphatic rings. The monoisotopic (exact) mass is 334 g/mol. The van der Waals surface area contributed by atoms with E-state index in [1.54, 1.807) is 0 Å². The average molecular weight is 334 g/mol. The molecule has 3 heterocycles. The van der Waals surface area contributed by atoms with Crippen LogP contribution in [-0.2, 0) is 13.1 Å². The zero-order valence-electron chi connectivity index (χ0n) is 14.9. The number of piperazine rings is 1. The Morgan fingerprint density at radius 1 is 0.833 bits per heavy atom. The molecule has 0 aromatic carbocycles. The molecule has 8 heteroatoms. The Bertz CT molecular complexity index is 598. The molecule has 2 atom stereocenters. The second-order valence-corrected chi connectivity index (χ2v) is 6.45. The number of nitrogens with zero attached hydrogens (tertiary/aromatic N) is 6. The van der Waals surface area contributed by atoms with E-state index in [0.29, 0.717) is 48.6 Å². The van der Waals surface area contributed by atoms with Crippen LogP contribution in [0, 0.1) is 13.8 Å². The van der Waals surface area contributed by atoms with Crippen molar-refractivity contribution in [3.8, 4) is 0 Å². The minimum Gasteiger partial charge on any atom is -0.338 e. The molecule has 1 saturated heterocycles. The van der Waals surface area contributed by atoms with Gasteiger partial charge in [0.25, 0.3) is 0 Å². The van der Waals surface area contributed by atoms with Gasteiger partial charge in [-0.15, -0.1) is 0 Å². The summed E-state index contributed by atoms with van der Waals surface area (Å²) in [7, 11) is 0. The SMILES string of the molecule is CC[C@H]1CN(Cc2nc(C)no2)[C@@H](CC)CN1Cc1nc(C)no1. The van der Waals surface area contributed by atoms with E-state index in [1.165, 1.54) is 0 Å². The van der Waals surface area contributed by atoms with Crippen molar-refractivity contribution < 1.29 is 9.05 Å². The quantitative estimate of drug-likeness (QED) is 0.792. The lowest BCUT2D eigenvalue weighted by atomic mass is 10.0. The summed E-state index contributed by atoms with van der Waals surface area (Å²) in [5, 5.41) is 7.79. The minimum absolute atomic E-state index is 0.448. The molecule has 0 aliphatic carbocycles. The van der Waals surface area contributed by atoms with Gasteiger partial charge in [0.2, 0.25) is 11.8 Å². The molecule has 0 unspecified atom stereocenters. The van der Waals surface area contributed by atoms with Gasteiger partial charge in [-0.2, -0.15) is 9.97 Å². The fraction of sp³-hybridized carbons (Fsp3) is 0.750. The molecule has 3 rings (SSSR count). The Labute approximate surface area is 142 Å². The Morgan fingerprint density at radius 2 is 1.25 bits per heavy atom. The predicted molar refractivity (Wildman–Crippen MR) is 87.0 cm³/mol. The average Bonchev–Trinajstić information content (AvgIpc) is 3.16. The zero-order valence-corrected chi connectivity index (χ0v) is 14.9. The zero-order chi connectivity index (χ0) is 17.1. The Kier molecular flexibility index (Phi) is 5.25. The van der Waals surface area contributed by atoms with E-state index >= 15 is 0 Å². The first-order valence-electron chi connectivity index (χ1n) is 8.65. The van der Waals surface area contributed by atoms with Gasteiger partial charge < -0.3 is 9.05 Å². The van der Waals surface area contributed by atoms with E-state index in [2.05, 4.69) is 43.9 Å². The van der Waals surface area contributed by atoms with Crippen molar-refractivity contribution in [2.45, 2.75) is 65.7 Å². The summed E-state index contributed by atoms with van der Waals surface area (Å²) < 4.78 is 10.6.